The van der Waals surface area contributed by atoms with E-state index in [1.54, 1.807) is 6.07 Å². The van der Waals surface area contributed by atoms with E-state index in [1.165, 1.54) is 11.8 Å². The molecule has 1 N–H and O–H groups in total. The van der Waals surface area contributed by atoms with Crippen LogP contribution < -0.4 is 5.32 Å². The molecule has 2 aromatic rings. The third-order valence-corrected chi connectivity index (χ3v) is 4.12. The van der Waals surface area contributed by atoms with Gasteiger partial charge in [0.25, 0.3) is 0 Å². The lowest BCUT2D eigenvalue weighted by Crippen LogP contribution is -2.05. The van der Waals surface area contributed by atoms with Crippen LogP contribution in [0.1, 0.15) is 19.0 Å². The highest BCUT2D eigenvalue weighted by Gasteiger charge is 2.06. The van der Waals surface area contributed by atoms with Crippen LogP contribution in [0.15, 0.2) is 34.2 Å². The standard InChI is InChI=1S/C14H15Cl2N3S/c1-3-6-17-14-18-9(2)7-13(19-14)20-10-4-5-11(15)12(16)8-10/h4-5,7-8H,3,6H2,1-2H3,(H,17,18,19). The zero-order chi connectivity index (χ0) is 14.5. The summed E-state index contributed by atoms with van der Waals surface area (Å²) >= 11 is 13.5. The summed E-state index contributed by atoms with van der Waals surface area (Å²) in [5, 5.41) is 5.19. The number of aromatic nitrogens is 2. The Hall–Kier alpha value is -0.970. The van der Waals surface area contributed by atoms with Gasteiger partial charge in [0.2, 0.25) is 5.95 Å². The Morgan fingerprint density at radius 3 is 2.65 bits per heavy atom. The Bertz CT molecular complexity index is 605. The predicted molar refractivity (Wildman–Crippen MR) is 86.1 cm³/mol. The van der Waals surface area contributed by atoms with E-state index in [9.17, 15) is 0 Å². The molecule has 1 aromatic heterocycles. The van der Waals surface area contributed by atoms with E-state index in [0.717, 1.165) is 28.6 Å². The molecule has 2 rings (SSSR count). The highest BCUT2D eigenvalue weighted by molar-refractivity contribution is 7.99. The molecule has 0 atom stereocenters. The van der Waals surface area contributed by atoms with E-state index in [1.807, 2.05) is 25.1 Å². The van der Waals surface area contributed by atoms with Gasteiger partial charge in [0.15, 0.2) is 0 Å². The van der Waals surface area contributed by atoms with Crippen LogP contribution in [0.25, 0.3) is 0 Å². The molecule has 6 heteroatoms. The first kappa shape index (κ1) is 15.4. The largest absolute Gasteiger partial charge is 0.354 e. The van der Waals surface area contributed by atoms with Crippen LogP contribution in [0.3, 0.4) is 0 Å². The monoisotopic (exact) mass is 327 g/mol. The van der Waals surface area contributed by atoms with Crippen molar-refractivity contribution in [2.75, 3.05) is 11.9 Å². The van der Waals surface area contributed by atoms with Crippen molar-refractivity contribution in [3.63, 3.8) is 0 Å². The lowest BCUT2D eigenvalue weighted by atomic mass is 10.4. The van der Waals surface area contributed by atoms with E-state index in [-0.39, 0.29) is 0 Å². The Labute approximate surface area is 133 Å². The first-order valence-corrected chi connectivity index (χ1v) is 7.88. The maximum absolute atomic E-state index is 6.02. The van der Waals surface area contributed by atoms with Gasteiger partial charge in [0, 0.05) is 17.1 Å². The average Bonchev–Trinajstić information content (AvgIpc) is 2.40. The van der Waals surface area contributed by atoms with Crippen LogP contribution in [0.5, 0.6) is 0 Å². The van der Waals surface area contributed by atoms with Crippen molar-refractivity contribution < 1.29 is 0 Å². The van der Waals surface area contributed by atoms with Crippen molar-refractivity contribution in [1.82, 2.24) is 9.97 Å². The molecule has 0 fully saturated rings. The number of rotatable bonds is 5. The molecule has 0 spiro atoms. The molecule has 106 valence electrons. The summed E-state index contributed by atoms with van der Waals surface area (Å²) in [6.07, 6.45) is 1.03. The van der Waals surface area contributed by atoms with Crippen LogP contribution in [-0.4, -0.2) is 16.5 Å². The molecule has 0 bridgehead atoms. The van der Waals surface area contributed by atoms with Gasteiger partial charge in [-0.15, -0.1) is 0 Å². The molecule has 20 heavy (non-hydrogen) atoms. The van der Waals surface area contributed by atoms with Crippen LogP contribution in [0.4, 0.5) is 5.95 Å². The number of aryl methyl sites for hydroxylation is 1. The van der Waals surface area contributed by atoms with Gasteiger partial charge in [-0.1, -0.05) is 41.9 Å². The maximum atomic E-state index is 6.02. The van der Waals surface area contributed by atoms with Crippen molar-refractivity contribution in [1.29, 1.82) is 0 Å². The van der Waals surface area contributed by atoms with Gasteiger partial charge in [-0.05, 0) is 37.6 Å². The molecule has 0 aliphatic carbocycles. The minimum Gasteiger partial charge on any atom is -0.354 e. The molecule has 1 aromatic carbocycles. The number of halogens is 2. The highest BCUT2D eigenvalue weighted by atomic mass is 35.5. The fourth-order valence-corrected chi connectivity index (χ4v) is 2.85. The summed E-state index contributed by atoms with van der Waals surface area (Å²) in [6, 6.07) is 7.50. The molecule has 0 aliphatic rings. The summed E-state index contributed by atoms with van der Waals surface area (Å²) < 4.78 is 0. The van der Waals surface area contributed by atoms with Gasteiger partial charge in [-0.3, -0.25) is 0 Å². The zero-order valence-corrected chi connectivity index (χ0v) is 13.6. The van der Waals surface area contributed by atoms with Gasteiger partial charge >= 0.3 is 0 Å². The van der Waals surface area contributed by atoms with Gasteiger partial charge in [-0.2, -0.15) is 0 Å². The first-order valence-electron chi connectivity index (χ1n) is 6.31. The fraction of sp³-hybridized carbons (Fsp3) is 0.286. The maximum Gasteiger partial charge on any atom is 0.223 e. The van der Waals surface area contributed by atoms with Gasteiger partial charge in [0.1, 0.15) is 5.03 Å². The second kappa shape index (κ2) is 7.16. The third kappa shape index (κ3) is 4.27. The smallest absolute Gasteiger partial charge is 0.223 e. The van der Waals surface area contributed by atoms with E-state index in [2.05, 4.69) is 22.2 Å². The number of anilines is 1. The van der Waals surface area contributed by atoms with Crippen LogP contribution >= 0.6 is 35.0 Å². The normalized spacial score (nSPS) is 10.6. The molecule has 0 aliphatic heterocycles. The van der Waals surface area contributed by atoms with Crippen molar-refractivity contribution in [2.24, 2.45) is 0 Å². The topological polar surface area (TPSA) is 37.8 Å². The number of nitrogens with zero attached hydrogens (tertiary/aromatic N) is 2. The second-order valence-corrected chi connectivity index (χ2v) is 6.18. The minimum atomic E-state index is 0.548. The predicted octanol–water partition coefficient (Wildman–Crippen LogP) is 5.06. The van der Waals surface area contributed by atoms with Crippen molar-refractivity contribution >= 4 is 40.9 Å². The number of benzene rings is 1. The van der Waals surface area contributed by atoms with Crippen molar-refractivity contribution in [3.8, 4) is 0 Å². The summed E-state index contributed by atoms with van der Waals surface area (Å²) in [5.41, 5.74) is 0.932. The van der Waals surface area contributed by atoms with Crippen LogP contribution in [0.2, 0.25) is 10.0 Å². The fourth-order valence-electron chi connectivity index (χ4n) is 1.57. The molecule has 0 saturated heterocycles. The highest BCUT2D eigenvalue weighted by Crippen LogP contribution is 2.32. The Morgan fingerprint density at radius 2 is 1.95 bits per heavy atom. The minimum absolute atomic E-state index is 0.548. The quantitative estimate of drug-likeness (QED) is 0.778. The molecule has 0 saturated carbocycles. The lowest BCUT2D eigenvalue weighted by molar-refractivity contribution is 0.924. The Morgan fingerprint density at radius 1 is 1.15 bits per heavy atom. The van der Waals surface area contributed by atoms with Gasteiger partial charge < -0.3 is 5.32 Å². The van der Waals surface area contributed by atoms with E-state index >= 15 is 0 Å². The summed E-state index contributed by atoms with van der Waals surface area (Å²) in [4.78, 5) is 9.84. The van der Waals surface area contributed by atoms with E-state index in [4.69, 9.17) is 23.2 Å². The number of hydrogen-bond donors (Lipinski definition) is 1. The lowest BCUT2D eigenvalue weighted by Gasteiger charge is -2.07. The van der Waals surface area contributed by atoms with Gasteiger partial charge in [0.05, 0.1) is 10.0 Å². The number of nitrogens with one attached hydrogen (secondary N) is 1. The second-order valence-electron chi connectivity index (χ2n) is 4.28. The SMILES string of the molecule is CCCNc1nc(C)cc(Sc2ccc(Cl)c(Cl)c2)n1. The third-order valence-electron chi connectivity index (χ3n) is 2.48. The Balaban J connectivity index is 2.19. The van der Waals surface area contributed by atoms with E-state index in [0.29, 0.717) is 16.0 Å². The van der Waals surface area contributed by atoms with Crippen molar-refractivity contribution in [3.05, 3.63) is 40.0 Å². The molecule has 0 amide bonds. The molecule has 1 heterocycles. The first-order chi connectivity index (χ1) is 9.58. The van der Waals surface area contributed by atoms with Gasteiger partial charge in [-0.25, -0.2) is 9.97 Å². The molecule has 3 nitrogen and oxygen atoms in total. The Kier molecular flexibility index (Phi) is 5.52. The molecule has 0 radical (unpaired) electrons. The molecular weight excluding hydrogens is 313 g/mol. The van der Waals surface area contributed by atoms with Crippen molar-refractivity contribution in [2.45, 2.75) is 30.2 Å². The summed E-state index contributed by atoms with van der Waals surface area (Å²) in [5.74, 6) is 0.661. The summed E-state index contributed by atoms with van der Waals surface area (Å²) in [7, 11) is 0. The van der Waals surface area contributed by atoms with E-state index < -0.39 is 0 Å². The number of hydrogen-bond acceptors (Lipinski definition) is 4. The molecule has 0 unspecified atom stereocenters. The summed E-state index contributed by atoms with van der Waals surface area (Å²) in [6.45, 7) is 4.92. The average molecular weight is 328 g/mol. The van der Waals surface area contributed by atoms with Crippen LogP contribution in [0, 0.1) is 6.92 Å². The van der Waals surface area contributed by atoms with Crippen LogP contribution in [-0.2, 0) is 0 Å². The zero-order valence-electron chi connectivity index (χ0n) is 11.3. The molecular formula is C14H15Cl2N3S.